The molecule has 0 saturated carbocycles. The number of carbonyl (C=O) groups excluding carboxylic acids is 4. The lowest BCUT2D eigenvalue weighted by Gasteiger charge is -2.43. The molecule has 0 bridgehead atoms. The van der Waals surface area contributed by atoms with Crippen LogP contribution in [0.2, 0.25) is 0 Å². The van der Waals surface area contributed by atoms with E-state index in [1.165, 1.54) is 6.92 Å². The number of hydrogen-bond acceptors (Lipinski definition) is 13. The van der Waals surface area contributed by atoms with Gasteiger partial charge in [-0.05, 0) is 12.1 Å². The largest absolute Gasteiger partial charge is 0.463 e. The predicted octanol–water partition coefficient (Wildman–Crippen LogP) is 1.47. The molecule has 0 amide bonds. The second-order valence-electron chi connectivity index (χ2n) is 9.28. The number of ether oxygens (including phenoxy) is 6. The molecular weight excluding hydrogens is 540 g/mol. The van der Waals surface area contributed by atoms with E-state index in [4.69, 9.17) is 28.4 Å². The third-order valence-electron chi connectivity index (χ3n) is 5.91. The summed E-state index contributed by atoms with van der Waals surface area (Å²) >= 11 is 0. The van der Waals surface area contributed by atoms with Gasteiger partial charge in [-0.1, -0.05) is 29.5 Å². The Morgan fingerprint density at radius 2 is 1.51 bits per heavy atom. The van der Waals surface area contributed by atoms with Crippen LogP contribution < -0.4 is 0 Å². The SMILES string of the molecule is CC(=O)OC[C@H]1O[C@@H](OCc2cn(Cc3ccc4ccccc4n3)nn2)[C@H](OC(C)=O)[C@@H](OC(C)=O)[C@@H]1OC(C)=O. The van der Waals surface area contributed by atoms with Crippen LogP contribution in [-0.4, -0.2) is 81.2 Å². The molecule has 0 unspecified atom stereocenters. The van der Waals surface area contributed by atoms with Gasteiger partial charge in [0.1, 0.15) is 18.4 Å². The molecule has 0 spiro atoms. The molecule has 0 aliphatic carbocycles. The number of para-hydroxylation sites is 1. The average molecular weight is 571 g/mol. The predicted molar refractivity (Wildman–Crippen MR) is 138 cm³/mol. The van der Waals surface area contributed by atoms with Gasteiger partial charge in [0, 0.05) is 33.1 Å². The molecule has 14 heteroatoms. The Balaban J connectivity index is 1.51. The Hall–Kier alpha value is -4.43. The zero-order valence-corrected chi connectivity index (χ0v) is 22.9. The summed E-state index contributed by atoms with van der Waals surface area (Å²) in [6.07, 6.45) is -4.69. The smallest absolute Gasteiger partial charge is 0.303 e. The number of fused-ring (bicyclic) bond motifs is 1. The summed E-state index contributed by atoms with van der Waals surface area (Å²) in [7, 11) is 0. The Morgan fingerprint density at radius 3 is 2.22 bits per heavy atom. The van der Waals surface area contributed by atoms with Crippen molar-refractivity contribution in [3.05, 3.63) is 54.0 Å². The van der Waals surface area contributed by atoms with Crippen LogP contribution in [0.4, 0.5) is 0 Å². The van der Waals surface area contributed by atoms with Gasteiger partial charge in [0.2, 0.25) is 0 Å². The molecule has 1 aliphatic heterocycles. The van der Waals surface area contributed by atoms with Crippen molar-refractivity contribution in [3.63, 3.8) is 0 Å². The van der Waals surface area contributed by atoms with Crippen molar-refractivity contribution in [2.24, 2.45) is 0 Å². The van der Waals surface area contributed by atoms with E-state index in [1.807, 2.05) is 36.4 Å². The second kappa shape index (κ2) is 13.3. The summed E-state index contributed by atoms with van der Waals surface area (Å²) in [5.41, 5.74) is 2.05. The van der Waals surface area contributed by atoms with Crippen LogP contribution in [0.25, 0.3) is 10.9 Å². The fourth-order valence-corrected chi connectivity index (χ4v) is 4.33. The Labute approximate surface area is 234 Å². The molecule has 218 valence electrons. The van der Waals surface area contributed by atoms with Crippen molar-refractivity contribution in [1.29, 1.82) is 0 Å². The van der Waals surface area contributed by atoms with Crippen LogP contribution in [0.5, 0.6) is 0 Å². The van der Waals surface area contributed by atoms with E-state index in [-0.39, 0.29) is 13.2 Å². The van der Waals surface area contributed by atoms with E-state index in [0.29, 0.717) is 12.2 Å². The quantitative estimate of drug-likeness (QED) is 0.254. The van der Waals surface area contributed by atoms with Crippen LogP contribution in [0.3, 0.4) is 0 Å². The van der Waals surface area contributed by atoms with E-state index < -0.39 is 54.6 Å². The molecular formula is C27H30N4O10. The highest BCUT2D eigenvalue weighted by Crippen LogP contribution is 2.30. The molecule has 41 heavy (non-hydrogen) atoms. The van der Waals surface area contributed by atoms with Crippen LogP contribution in [0.15, 0.2) is 42.6 Å². The molecule has 0 radical (unpaired) electrons. The summed E-state index contributed by atoms with van der Waals surface area (Å²) in [6, 6.07) is 11.6. The molecule has 5 atom stereocenters. The molecule has 1 aliphatic rings. The summed E-state index contributed by atoms with van der Waals surface area (Å²) in [4.78, 5) is 51.9. The van der Waals surface area contributed by atoms with Gasteiger partial charge < -0.3 is 28.4 Å². The first kappa shape index (κ1) is 29.6. The van der Waals surface area contributed by atoms with Gasteiger partial charge >= 0.3 is 23.9 Å². The number of aromatic nitrogens is 4. The van der Waals surface area contributed by atoms with Crippen molar-refractivity contribution in [2.75, 3.05) is 6.61 Å². The maximum Gasteiger partial charge on any atom is 0.303 e. The van der Waals surface area contributed by atoms with Gasteiger partial charge in [-0.2, -0.15) is 0 Å². The van der Waals surface area contributed by atoms with Gasteiger partial charge in [0.15, 0.2) is 24.6 Å². The third kappa shape index (κ3) is 8.05. The highest BCUT2D eigenvalue weighted by Gasteiger charge is 2.52. The van der Waals surface area contributed by atoms with E-state index in [0.717, 1.165) is 37.4 Å². The maximum absolute atomic E-state index is 12.0. The number of benzene rings is 1. The average Bonchev–Trinajstić information content (AvgIpc) is 3.35. The zero-order chi connectivity index (χ0) is 29.5. The fourth-order valence-electron chi connectivity index (χ4n) is 4.33. The molecule has 14 nitrogen and oxygen atoms in total. The molecule has 1 saturated heterocycles. The van der Waals surface area contributed by atoms with Crippen molar-refractivity contribution in [1.82, 2.24) is 20.0 Å². The number of carbonyl (C=O) groups is 4. The van der Waals surface area contributed by atoms with Crippen molar-refractivity contribution in [2.45, 2.75) is 71.6 Å². The number of nitrogens with zero attached hydrogens (tertiary/aromatic N) is 4. The highest BCUT2D eigenvalue weighted by atomic mass is 16.7. The Kier molecular flexibility index (Phi) is 9.57. The van der Waals surface area contributed by atoms with Gasteiger partial charge in [0.05, 0.1) is 30.6 Å². The van der Waals surface area contributed by atoms with E-state index in [2.05, 4.69) is 15.3 Å². The maximum atomic E-state index is 12.0. The minimum atomic E-state index is -1.33. The molecule has 3 aromatic rings. The molecule has 4 rings (SSSR count). The molecule has 2 aromatic heterocycles. The van der Waals surface area contributed by atoms with Crippen LogP contribution >= 0.6 is 0 Å². The summed E-state index contributed by atoms with van der Waals surface area (Å²) in [5.74, 6) is -2.79. The number of hydrogen-bond donors (Lipinski definition) is 0. The first-order valence-corrected chi connectivity index (χ1v) is 12.7. The Bertz CT molecular complexity index is 1410. The highest BCUT2D eigenvalue weighted by molar-refractivity contribution is 5.78. The number of rotatable bonds is 10. The second-order valence-corrected chi connectivity index (χ2v) is 9.28. The fraction of sp³-hybridized carbons (Fsp3) is 0.444. The van der Waals surface area contributed by atoms with Crippen molar-refractivity contribution < 1.29 is 47.6 Å². The first-order valence-electron chi connectivity index (χ1n) is 12.7. The monoisotopic (exact) mass is 570 g/mol. The van der Waals surface area contributed by atoms with Crippen molar-refractivity contribution in [3.8, 4) is 0 Å². The van der Waals surface area contributed by atoms with Gasteiger partial charge in [0.25, 0.3) is 0 Å². The summed E-state index contributed by atoms with van der Waals surface area (Å²) in [5, 5.41) is 9.26. The first-order chi connectivity index (χ1) is 19.6. The lowest BCUT2D eigenvalue weighted by molar-refractivity contribution is -0.310. The Morgan fingerprint density at radius 1 is 0.829 bits per heavy atom. The van der Waals surface area contributed by atoms with E-state index in [9.17, 15) is 19.2 Å². The van der Waals surface area contributed by atoms with Crippen LogP contribution in [0.1, 0.15) is 39.1 Å². The standard InChI is InChI=1S/C27H30N4O10/c1-15(32)36-14-23-24(38-16(2)33)25(39-17(3)34)26(40-18(4)35)27(41-23)37-13-21-12-31(30-29-21)11-20-10-9-19-7-5-6-8-22(19)28-20/h5-10,12,23-27H,11,13-14H2,1-4H3/t23-,24-,25+,26-,27-/m1/s1. The number of esters is 4. The molecule has 1 aromatic carbocycles. The minimum absolute atomic E-state index is 0.140. The molecule has 3 heterocycles. The van der Waals surface area contributed by atoms with E-state index >= 15 is 0 Å². The zero-order valence-electron chi connectivity index (χ0n) is 22.9. The summed E-state index contributed by atoms with van der Waals surface area (Å²) < 4.78 is 34.6. The van der Waals surface area contributed by atoms with Gasteiger partial charge in [-0.25, -0.2) is 4.68 Å². The van der Waals surface area contributed by atoms with Gasteiger partial charge in [-0.15, -0.1) is 5.10 Å². The third-order valence-corrected chi connectivity index (χ3v) is 5.91. The summed E-state index contributed by atoms with van der Waals surface area (Å²) in [6.45, 7) is 4.50. The van der Waals surface area contributed by atoms with Crippen LogP contribution in [-0.2, 0) is 60.8 Å². The van der Waals surface area contributed by atoms with Gasteiger partial charge in [-0.3, -0.25) is 24.2 Å². The number of pyridine rings is 1. The van der Waals surface area contributed by atoms with Crippen molar-refractivity contribution >= 4 is 34.8 Å². The normalized spacial score (nSPS) is 22.1. The van der Waals surface area contributed by atoms with E-state index in [1.54, 1.807) is 10.9 Å². The van der Waals surface area contributed by atoms with Crippen LogP contribution in [0, 0.1) is 0 Å². The lowest BCUT2D eigenvalue weighted by Crippen LogP contribution is -2.62. The minimum Gasteiger partial charge on any atom is -0.463 e. The molecule has 0 N–H and O–H groups in total. The molecule has 1 fully saturated rings. The lowest BCUT2D eigenvalue weighted by atomic mass is 9.98. The topological polar surface area (TPSA) is 167 Å².